The van der Waals surface area contributed by atoms with E-state index in [0.29, 0.717) is 0 Å². The lowest BCUT2D eigenvalue weighted by molar-refractivity contribution is 0.423. The van der Waals surface area contributed by atoms with Gasteiger partial charge in [0, 0.05) is 44.4 Å². The molecule has 0 N–H and O–H groups in total. The van der Waals surface area contributed by atoms with Crippen LogP contribution in [0.15, 0.2) is 176 Å². The van der Waals surface area contributed by atoms with Crippen molar-refractivity contribution in [3.63, 3.8) is 0 Å². The standard InChI is InChI=1S/C48H38N2/c1-48(2,3)50-44-25-15-14-20-38(44)43-32-37(30-31-45(43)50)49(35-18-8-5-9-19-35)36-28-26-34(27-29-36)47-41-23-12-10-21-39(41)46(33-16-6-4-7-17-33)40-22-11-13-24-42(40)47/h4-32H,1-3H3. The number of para-hydroxylation sites is 2. The third-order valence-electron chi connectivity index (χ3n) is 10.0. The van der Waals surface area contributed by atoms with E-state index >= 15 is 0 Å². The van der Waals surface area contributed by atoms with Crippen molar-refractivity contribution in [2.24, 2.45) is 0 Å². The molecule has 0 unspecified atom stereocenters. The predicted molar refractivity (Wildman–Crippen MR) is 215 cm³/mol. The molecule has 0 fully saturated rings. The first-order valence-corrected chi connectivity index (χ1v) is 17.5. The van der Waals surface area contributed by atoms with Crippen LogP contribution in [-0.4, -0.2) is 4.57 Å². The number of rotatable bonds is 5. The van der Waals surface area contributed by atoms with Gasteiger partial charge >= 0.3 is 0 Å². The average Bonchev–Trinajstić information content (AvgIpc) is 3.50. The Morgan fingerprint density at radius 2 is 0.780 bits per heavy atom. The van der Waals surface area contributed by atoms with E-state index < -0.39 is 0 Å². The number of anilines is 3. The first kappa shape index (κ1) is 30.0. The van der Waals surface area contributed by atoms with Gasteiger partial charge in [0.1, 0.15) is 0 Å². The van der Waals surface area contributed by atoms with Crippen LogP contribution in [0.4, 0.5) is 17.1 Å². The van der Waals surface area contributed by atoms with Crippen LogP contribution >= 0.6 is 0 Å². The maximum atomic E-state index is 2.47. The van der Waals surface area contributed by atoms with Crippen LogP contribution in [0.3, 0.4) is 0 Å². The third-order valence-corrected chi connectivity index (χ3v) is 10.0. The van der Waals surface area contributed by atoms with Crippen LogP contribution in [0, 0.1) is 0 Å². The molecule has 0 saturated heterocycles. The third kappa shape index (κ3) is 4.87. The number of aromatic nitrogens is 1. The van der Waals surface area contributed by atoms with E-state index in [9.17, 15) is 0 Å². The zero-order valence-electron chi connectivity index (χ0n) is 28.6. The number of fused-ring (bicyclic) bond motifs is 5. The van der Waals surface area contributed by atoms with Crippen molar-refractivity contribution in [1.29, 1.82) is 0 Å². The van der Waals surface area contributed by atoms with Gasteiger partial charge in [-0.15, -0.1) is 0 Å². The summed E-state index contributed by atoms with van der Waals surface area (Å²) >= 11 is 0. The van der Waals surface area contributed by atoms with Crippen LogP contribution in [-0.2, 0) is 5.54 Å². The lowest BCUT2D eigenvalue weighted by atomic mass is 9.86. The molecule has 50 heavy (non-hydrogen) atoms. The highest BCUT2D eigenvalue weighted by atomic mass is 15.1. The van der Waals surface area contributed by atoms with Crippen molar-refractivity contribution >= 4 is 60.4 Å². The second-order valence-corrected chi connectivity index (χ2v) is 14.1. The molecule has 0 saturated carbocycles. The van der Waals surface area contributed by atoms with Crippen molar-refractivity contribution in [3.05, 3.63) is 176 Å². The lowest BCUT2D eigenvalue weighted by Crippen LogP contribution is -2.21. The molecule has 0 bridgehead atoms. The Morgan fingerprint density at radius 1 is 0.360 bits per heavy atom. The molecule has 0 aliphatic carbocycles. The molecule has 240 valence electrons. The van der Waals surface area contributed by atoms with E-state index in [4.69, 9.17) is 0 Å². The molecule has 0 atom stereocenters. The molecule has 1 heterocycles. The van der Waals surface area contributed by atoms with Gasteiger partial charge in [0.2, 0.25) is 0 Å². The van der Waals surface area contributed by atoms with Crippen LogP contribution in [0.2, 0.25) is 0 Å². The first-order valence-electron chi connectivity index (χ1n) is 17.5. The number of hydrogen-bond donors (Lipinski definition) is 0. The van der Waals surface area contributed by atoms with Gasteiger partial charge in [-0.3, -0.25) is 0 Å². The second-order valence-electron chi connectivity index (χ2n) is 14.1. The van der Waals surface area contributed by atoms with Crippen molar-refractivity contribution in [2.45, 2.75) is 26.3 Å². The van der Waals surface area contributed by atoms with E-state index in [-0.39, 0.29) is 5.54 Å². The number of benzene rings is 8. The van der Waals surface area contributed by atoms with Gasteiger partial charge in [-0.25, -0.2) is 0 Å². The van der Waals surface area contributed by atoms with Gasteiger partial charge in [-0.2, -0.15) is 0 Å². The Balaban J connectivity index is 1.22. The van der Waals surface area contributed by atoms with Gasteiger partial charge < -0.3 is 9.47 Å². The van der Waals surface area contributed by atoms with Crippen LogP contribution in [0.1, 0.15) is 20.8 Å². The number of nitrogens with zero attached hydrogens (tertiary/aromatic N) is 2. The highest BCUT2D eigenvalue weighted by molar-refractivity contribution is 6.21. The first-order chi connectivity index (χ1) is 24.5. The van der Waals surface area contributed by atoms with E-state index in [1.54, 1.807) is 0 Å². The molecule has 0 amide bonds. The molecule has 0 aliphatic heterocycles. The summed E-state index contributed by atoms with van der Waals surface area (Å²) in [5.74, 6) is 0. The summed E-state index contributed by atoms with van der Waals surface area (Å²) in [6, 6.07) is 64.1. The smallest absolute Gasteiger partial charge is 0.0497 e. The summed E-state index contributed by atoms with van der Waals surface area (Å²) in [6.07, 6.45) is 0. The van der Waals surface area contributed by atoms with Crippen LogP contribution in [0.25, 0.3) is 65.6 Å². The molecule has 2 nitrogen and oxygen atoms in total. The van der Waals surface area contributed by atoms with Crippen molar-refractivity contribution in [3.8, 4) is 22.3 Å². The van der Waals surface area contributed by atoms with Crippen molar-refractivity contribution in [1.82, 2.24) is 4.57 Å². The molecular formula is C48H38N2. The Kier molecular flexibility index (Phi) is 7.07. The molecule has 0 aliphatic rings. The zero-order chi connectivity index (χ0) is 33.8. The van der Waals surface area contributed by atoms with Crippen LogP contribution < -0.4 is 4.90 Å². The van der Waals surface area contributed by atoms with Gasteiger partial charge in [-0.1, -0.05) is 127 Å². The Labute approximate surface area is 293 Å². The highest BCUT2D eigenvalue weighted by Crippen LogP contribution is 2.45. The summed E-state index contributed by atoms with van der Waals surface area (Å²) in [5, 5.41) is 7.61. The minimum Gasteiger partial charge on any atom is -0.335 e. The largest absolute Gasteiger partial charge is 0.335 e. The Hall–Kier alpha value is -6.12. The lowest BCUT2D eigenvalue weighted by Gasteiger charge is -2.27. The van der Waals surface area contributed by atoms with E-state index in [1.165, 1.54) is 65.6 Å². The summed E-state index contributed by atoms with van der Waals surface area (Å²) < 4.78 is 2.47. The van der Waals surface area contributed by atoms with Crippen molar-refractivity contribution in [2.75, 3.05) is 4.90 Å². The summed E-state index contributed by atoms with van der Waals surface area (Å²) in [6.45, 7) is 6.85. The van der Waals surface area contributed by atoms with Gasteiger partial charge in [-0.05, 0) is 113 Å². The Morgan fingerprint density at radius 3 is 1.34 bits per heavy atom. The zero-order valence-corrected chi connectivity index (χ0v) is 28.6. The van der Waals surface area contributed by atoms with Crippen molar-refractivity contribution < 1.29 is 0 Å². The molecule has 1 aromatic heterocycles. The Bertz CT molecular complexity index is 2600. The molecule has 9 rings (SSSR count). The monoisotopic (exact) mass is 642 g/mol. The fourth-order valence-corrected chi connectivity index (χ4v) is 7.98. The summed E-state index contributed by atoms with van der Waals surface area (Å²) in [7, 11) is 0. The molecular weight excluding hydrogens is 605 g/mol. The van der Waals surface area contributed by atoms with E-state index in [1.807, 2.05) is 0 Å². The predicted octanol–water partition coefficient (Wildman–Crippen LogP) is 13.7. The minimum absolute atomic E-state index is 0.0501. The van der Waals surface area contributed by atoms with Crippen LogP contribution in [0.5, 0.6) is 0 Å². The van der Waals surface area contributed by atoms with E-state index in [0.717, 1.165) is 17.1 Å². The van der Waals surface area contributed by atoms with Gasteiger partial charge in [0.25, 0.3) is 0 Å². The molecule has 2 heteroatoms. The van der Waals surface area contributed by atoms with E-state index in [2.05, 4.69) is 206 Å². The topological polar surface area (TPSA) is 8.17 Å². The summed E-state index contributed by atoms with van der Waals surface area (Å²) in [5.41, 5.74) is 10.8. The highest BCUT2D eigenvalue weighted by Gasteiger charge is 2.22. The molecule has 9 aromatic rings. The second kappa shape index (κ2) is 11.8. The maximum absolute atomic E-state index is 2.47. The molecule has 0 radical (unpaired) electrons. The number of hydrogen-bond acceptors (Lipinski definition) is 1. The molecule has 8 aromatic carbocycles. The van der Waals surface area contributed by atoms with Gasteiger partial charge in [0.15, 0.2) is 0 Å². The van der Waals surface area contributed by atoms with Gasteiger partial charge in [0.05, 0.1) is 0 Å². The summed E-state index contributed by atoms with van der Waals surface area (Å²) in [4.78, 5) is 2.38. The minimum atomic E-state index is -0.0501. The fraction of sp³-hybridized carbons (Fsp3) is 0.0833. The SMILES string of the molecule is CC(C)(C)n1c2ccccc2c2cc(N(c3ccccc3)c3ccc(-c4c5ccccc5c(-c5ccccc5)c5ccccc45)cc3)ccc21. The normalized spacial score (nSPS) is 11.9. The maximum Gasteiger partial charge on any atom is 0.0497 e. The molecule has 0 spiro atoms. The fourth-order valence-electron chi connectivity index (χ4n) is 7.98. The quantitative estimate of drug-likeness (QED) is 0.170. The average molecular weight is 643 g/mol.